The molecule has 5 nitrogen and oxygen atoms in total. The molecule has 1 fully saturated rings. The van der Waals surface area contributed by atoms with Crippen molar-refractivity contribution in [3.8, 4) is 0 Å². The van der Waals surface area contributed by atoms with E-state index in [1.165, 1.54) is 5.56 Å². The molecule has 3 rings (SSSR count). The molecule has 0 N–H and O–H groups in total. The number of benzene rings is 1. The highest BCUT2D eigenvalue weighted by molar-refractivity contribution is 5.26. The summed E-state index contributed by atoms with van der Waals surface area (Å²) < 4.78 is 5.46. The van der Waals surface area contributed by atoms with Crippen molar-refractivity contribution in [2.24, 2.45) is 0 Å². The molecule has 2 aromatic rings. The van der Waals surface area contributed by atoms with E-state index in [-0.39, 0.29) is 0 Å². The summed E-state index contributed by atoms with van der Waals surface area (Å²) in [5.74, 6) is 1.09. The van der Waals surface area contributed by atoms with Gasteiger partial charge in [0, 0.05) is 38.1 Å². The van der Waals surface area contributed by atoms with Crippen LogP contribution in [0.3, 0.4) is 0 Å². The summed E-state index contributed by atoms with van der Waals surface area (Å²) in [4.78, 5) is 9.30. The quantitative estimate of drug-likeness (QED) is 0.866. The van der Waals surface area contributed by atoms with Crippen LogP contribution in [0.15, 0.2) is 34.9 Å². The molecule has 0 spiro atoms. The molecule has 1 atom stereocenters. The van der Waals surface area contributed by atoms with Gasteiger partial charge in [-0.1, -0.05) is 49.3 Å². The molecule has 1 saturated heterocycles. The lowest BCUT2D eigenvalue weighted by molar-refractivity contribution is 0.211. The van der Waals surface area contributed by atoms with Crippen molar-refractivity contribution in [3.63, 3.8) is 0 Å². The van der Waals surface area contributed by atoms with Crippen LogP contribution in [0.4, 0.5) is 6.01 Å². The topological polar surface area (TPSA) is 45.4 Å². The van der Waals surface area contributed by atoms with Crippen molar-refractivity contribution in [1.82, 2.24) is 15.0 Å². The molecule has 0 radical (unpaired) electrons. The van der Waals surface area contributed by atoms with Gasteiger partial charge in [-0.15, -0.1) is 0 Å². The average Bonchev–Trinajstić information content (AvgIpc) is 2.97. The fraction of sp³-hybridized carbons (Fsp3) is 0.556. The summed E-state index contributed by atoms with van der Waals surface area (Å²) in [6.45, 7) is 10.4. The molecule has 23 heavy (non-hydrogen) atoms. The Morgan fingerprint density at radius 2 is 1.96 bits per heavy atom. The van der Waals surface area contributed by atoms with E-state index in [0.29, 0.717) is 18.0 Å². The van der Waals surface area contributed by atoms with Crippen LogP contribution in [0, 0.1) is 0 Å². The Morgan fingerprint density at radius 3 is 2.65 bits per heavy atom. The van der Waals surface area contributed by atoms with Crippen LogP contribution in [0.25, 0.3) is 0 Å². The number of aromatic nitrogens is 2. The van der Waals surface area contributed by atoms with E-state index in [2.05, 4.69) is 71.0 Å². The molecule has 0 bridgehead atoms. The first-order chi connectivity index (χ1) is 11.1. The first-order valence-corrected chi connectivity index (χ1v) is 8.50. The zero-order chi connectivity index (χ0) is 16.2. The average molecular weight is 314 g/mol. The second kappa shape index (κ2) is 7.13. The Morgan fingerprint density at radius 1 is 1.17 bits per heavy atom. The van der Waals surface area contributed by atoms with Crippen LogP contribution in [-0.4, -0.2) is 40.7 Å². The van der Waals surface area contributed by atoms with Crippen molar-refractivity contribution in [2.75, 3.05) is 24.5 Å². The summed E-state index contributed by atoms with van der Waals surface area (Å²) >= 11 is 0. The lowest BCUT2D eigenvalue weighted by Crippen LogP contribution is -2.34. The van der Waals surface area contributed by atoms with Gasteiger partial charge in [-0.2, -0.15) is 4.98 Å². The molecular weight excluding hydrogens is 288 g/mol. The Balaban J connectivity index is 1.65. The highest BCUT2D eigenvalue weighted by Gasteiger charge is 2.24. The Labute approximate surface area is 138 Å². The maximum absolute atomic E-state index is 5.46. The van der Waals surface area contributed by atoms with Gasteiger partial charge in [-0.05, 0) is 18.9 Å². The standard InChI is InChI=1S/C18H26N4O/c1-14(2)17-19-18(23-20-17)21-10-9-15(3)22(12-11-21)13-16-7-5-4-6-8-16/h4-8,14-15H,9-13H2,1-3H3. The van der Waals surface area contributed by atoms with Gasteiger partial charge in [0.15, 0.2) is 5.82 Å². The fourth-order valence-electron chi connectivity index (χ4n) is 2.94. The predicted octanol–water partition coefficient (Wildman–Crippen LogP) is 3.29. The maximum Gasteiger partial charge on any atom is 0.324 e. The normalized spacial score (nSPS) is 20.0. The Bertz CT molecular complexity index is 610. The minimum absolute atomic E-state index is 0.299. The van der Waals surface area contributed by atoms with Gasteiger partial charge >= 0.3 is 6.01 Å². The van der Waals surface area contributed by atoms with Gasteiger partial charge in [-0.25, -0.2) is 0 Å². The molecule has 0 aliphatic carbocycles. The Kier molecular flexibility index (Phi) is 4.96. The summed E-state index contributed by atoms with van der Waals surface area (Å²) in [5, 5.41) is 4.09. The second-order valence-corrected chi connectivity index (χ2v) is 6.67. The van der Waals surface area contributed by atoms with Crippen molar-refractivity contribution >= 4 is 6.01 Å². The monoisotopic (exact) mass is 314 g/mol. The first-order valence-electron chi connectivity index (χ1n) is 8.50. The van der Waals surface area contributed by atoms with E-state index >= 15 is 0 Å². The molecule has 2 heterocycles. The van der Waals surface area contributed by atoms with E-state index < -0.39 is 0 Å². The molecule has 1 unspecified atom stereocenters. The molecule has 0 saturated carbocycles. The van der Waals surface area contributed by atoms with Crippen LogP contribution in [0.2, 0.25) is 0 Å². The zero-order valence-corrected chi connectivity index (χ0v) is 14.3. The molecule has 0 amide bonds. The van der Waals surface area contributed by atoms with Gasteiger partial charge in [0.05, 0.1) is 0 Å². The van der Waals surface area contributed by atoms with E-state index in [1.807, 2.05) is 0 Å². The van der Waals surface area contributed by atoms with Gasteiger partial charge in [0.25, 0.3) is 0 Å². The van der Waals surface area contributed by atoms with E-state index in [9.17, 15) is 0 Å². The molecule has 1 aromatic heterocycles. The summed E-state index contributed by atoms with van der Waals surface area (Å²) in [6, 6.07) is 11.9. The molecule has 5 heteroatoms. The van der Waals surface area contributed by atoms with Crippen LogP contribution in [0.1, 0.15) is 44.5 Å². The SMILES string of the molecule is CC(C)c1noc(N2CCC(C)N(Cc3ccccc3)CC2)n1. The van der Waals surface area contributed by atoms with Crippen molar-refractivity contribution < 1.29 is 4.52 Å². The summed E-state index contributed by atoms with van der Waals surface area (Å²) in [5.41, 5.74) is 1.37. The van der Waals surface area contributed by atoms with Crippen LogP contribution < -0.4 is 4.90 Å². The second-order valence-electron chi connectivity index (χ2n) is 6.67. The minimum Gasteiger partial charge on any atom is -0.323 e. The van der Waals surface area contributed by atoms with Crippen molar-refractivity contribution in [3.05, 3.63) is 41.7 Å². The molecular formula is C18H26N4O. The van der Waals surface area contributed by atoms with Crippen LogP contribution in [0.5, 0.6) is 0 Å². The predicted molar refractivity (Wildman–Crippen MR) is 91.5 cm³/mol. The van der Waals surface area contributed by atoms with Gasteiger partial charge < -0.3 is 9.42 Å². The van der Waals surface area contributed by atoms with Crippen LogP contribution in [-0.2, 0) is 6.54 Å². The van der Waals surface area contributed by atoms with Gasteiger partial charge in [0.1, 0.15) is 0 Å². The highest BCUT2D eigenvalue weighted by Crippen LogP contribution is 2.20. The van der Waals surface area contributed by atoms with Gasteiger partial charge in [0.2, 0.25) is 0 Å². The largest absolute Gasteiger partial charge is 0.324 e. The zero-order valence-electron chi connectivity index (χ0n) is 14.3. The number of nitrogens with zero attached hydrogens (tertiary/aromatic N) is 4. The van der Waals surface area contributed by atoms with E-state index in [0.717, 1.165) is 38.4 Å². The summed E-state index contributed by atoms with van der Waals surface area (Å²) in [7, 11) is 0. The number of hydrogen-bond donors (Lipinski definition) is 0. The molecule has 124 valence electrons. The third-order valence-electron chi connectivity index (χ3n) is 4.54. The third-order valence-corrected chi connectivity index (χ3v) is 4.54. The summed E-state index contributed by atoms with van der Waals surface area (Å²) in [6.07, 6.45) is 1.10. The first kappa shape index (κ1) is 16.0. The highest BCUT2D eigenvalue weighted by atomic mass is 16.5. The maximum atomic E-state index is 5.46. The molecule has 1 aliphatic rings. The molecule has 1 aromatic carbocycles. The lowest BCUT2D eigenvalue weighted by Gasteiger charge is -2.26. The van der Waals surface area contributed by atoms with Crippen LogP contribution >= 0.6 is 0 Å². The van der Waals surface area contributed by atoms with E-state index in [1.54, 1.807) is 0 Å². The Hall–Kier alpha value is -1.88. The minimum atomic E-state index is 0.299. The van der Waals surface area contributed by atoms with Crippen molar-refractivity contribution in [1.29, 1.82) is 0 Å². The number of rotatable bonds is 4. The number of anilines is 1. The molecule has 1 aliphatic heterocycles. The smallest absolute Gasteiger partial charge is 0.323 e. The van der Waals surface area contributed by atoms with E-state index in [4.69, 9.17) is 4.52 Å². The van der Waals surface area contributed by atoms with Crippen molar-refractivity contribution in [2.45, 2.75) is 45.7 Å². The lowest BCUT2D eigenvalue weighted by atomic mass is 10.1. The number of hydrogen-bond acceptors (Lipinski definition) is 5. The fourth-order valence-corrected chi connectivity index (χ4v) is 2.94. The van der Waals surface area contributed by atoms with Gasteiger partial charge in [-0.3, -0.25) is 4.90 Å². The third kappa shape index (κ3) is 3.91.